The van der Waals surface area contributed by atoms with Crippen molar-refractivity contribution in [2.24, 2.45) is 0 Å². The van der Waals surface area contributed by atoms with Crippen molar-refractivity contribution in [1.82, 2.24) is 15.6 Å². The van der Waals surface area contributed by atoms with E-state index in [-0.39, 0.29) is 6.03 Å². The molecule has 0 aliphatic carbocycles. The molecule has 21 heavy (non-hydrogen) atoms. The highest BCUT2D eigenvalue weighted by Crippen LogP contribution is 2.11. The molecule has 5 heteroatoms. The number of aromatic nitrogens is 1. The Bertz CT molecular complexity index is 573. The number of carbonyl (C=O) groups is 1. The summed E-state index contributed by atoms with van der Waals surface area (Å²) in [6, 6.07) is 11.3. The first-order chi connectivity index (χ1) is 10.2. The van der Waals surface area contributed by atoms with Crippen LogP contribution in [0.2, 0.25) is 0 Å². The van der Waals surface area contributed by atoms with Crippen LogP contribution in [0.5, 0.6) is 5.75 Å². The normalized spacial score (nSPS) is 9.95. The van der Waals surface area contributed by atoms with Gasteiger partial charge in [-0.25, -0.2) is 4.79 Å². The van der Waals surface area contributed by atoms with Gasteiger partial charge in [-0.1, -0.05) is 12.1 Å². The van der Waals surface area contributed by atoms with Gasteiger partial charge in [-0.3, -0.25) is 4.98 Å². The summed E-state index contributed by atoms with van der Waals surface area (Å²) < 4.78 is 5.55. The van der Waals surface area contributed by atoms with Crippen LogP contribution in [0.3, 0.4) is 0 Å². The van der Waals surface area contributed by atoms with Gasteiger partial charge in [0.2, 0.25) is 0 Å². The van der Waals surface area contributed by atoms with Gasteiger partial charge in [0.25, 0.3) is 0 Å². The zero-order valence-corrected chi connectivity index (χ0v) is 12.0. The van der Waals surface area contributed by atoms with E-state index < -0.39 is 0 Å². The summed E-state index contributed by atoms with van der Waals surface area (Å²) >= 11 is 0. The second kappa shape index (κ2) is 7.89. The Kier molecular flexibility index (Phi) is 5.58. The predicted molar refractivity (Wildman–Crippen MR) is 81.1 cm³/mol. The zero-order chi connectivity index (χ0) is 14.9. The van der Waals surface area contributed by atoms with E-state index >= 15 is 0 Å². The van der Waals surface area contributed by atoms with Crippen LogP contribution < -0.4 is 15.4 Å². The molecule has 110 valence electrons. The summed E-state index contributed by atoms with van der Waals surface area (Å²) in [5.74, 6) is 0.814. The first kappa shape index (κ1) is 14.8. The average Bonchev–Trinajstić information content (AvgIpc) is 2.51. The van der Waals surface area contributed by atoms with Gasteiger partial charge in [0.05, 0.1) is 6.54 Å². The van der Waals surface area contributed by atoms with E-state index in [0.717, 1.165) is 16.9 Å². The van der Waals surface area contributed by atoms with Crippen LogP contribution >= 0.6 is 0 Å². The zero-order valence-electron chi connectivity index (χ0n) is 12.0. The fourth-order valence-corrected chi connectivity index (χ4v) is 1.78. The molecule has 2 amide bonds. The molecular weight excluding hydrogens is 266 g/mol. The Hall–Kier alpha value is -2.56. The van der Waals surface area contributed by atoms with Gasteiger partial charge in [-0.2, -0.15) is 0 Å². The van der Waals surface area contributed by atoms with Crippen molar-refractivity contribution >= 4 is 6.03 Å². The Morgan fingerprint density at radius 1 is 1.19 bits per heavy atom. The van der Waals surface area contributed by atoms with Crippen LogP contribution in [-0.4, -0.2) is 24.2 Å². The maximum Gasteiger partial charge on any atom is 0.315 e. The molecule has 0 radical (unpaired) electrons. The number of hydrogen-bond acceptors (Lipinski definition) is 3. The number of ether oxygens (including phenoxy) is 1. The molecule has 2 aromatic rings. The van der Waals surface area contributed by atoms with Crippen LogP contribution in [0, 0.1) is 6.92 Å². The smallest absolute Gasteiger partial charge is 0.315 e. The summed E-state index contributed by atoms with van der Waals surface area (Å²) in [5, 5.41) is 5.52. The Morgan fingerprint density at radius 2 is 2.00 bits per heavy atom. The molecule has 0 unspecified atom stereocenters. The fourth-order valence-electron chi connectivity index (χ4n) is 1.78. The predicted octanol–water partition coefficient (Wildman–Crippen LogP) is 2.27. The van der Waals surface area contributed by atoms with Gasteiger partial charge < -0.3 is 15.4 Å². The van der Waals surface area contributed by atoms with E-state index in [2.05, 4.69) is 15.6 Å². The van der Waals surface area contributed by atoms with Crippen molar-refractivity contribution in [2.75, 3.05) is 13.2 Å². The van der Waals surface area contributed by atoms with Crippen molar-refractivity contribution in [3.63, 3.8) is 0 Å². The quantitative estimate of drug-likeness (QED) is 0.800. The maximum absolute atomic E-state index is 11.6. The molecule has 2 rings (SSSR count). The van der Waals surface area contributed by atoms with E-state index in [1.54, 1.807) is 12.4 Å². The maximum atomic E-state index is 11.6. The molecular formula is C16H19N3O2. The highest BCUT2D eigenvalue weighted by Gasteiger charge is 2.00. The molecule has 0 fully saturated rings. The third-order valence-corrected chi connectivity index (χ3v) is 2.85. The molecule has 0 aliphatic rings. The highest BCUT2D eigenvalue weighted by molar-refractivity contribution is 5.73. The van der Waals surface area contributed by atoms with Crippen LogP contribution in [0.1, 0.15) is 11.1 Å². The summed E-state index contributed by atoms with van der Waals surface area (Å²) in [6.45, 7) is 3.38. The SMILES string of the molecule is Cc1cccc(OCCNC(=O)NCc2ccncc2)c1. The van der Waals surface area contributed by atoms with Crippen LogP contribution in [-0.2, 0) is 6.54 Å². The van der Waals surface area contributed by atoms with Crippen molar-refractivity contribution in [3.05, 3.63) is 59.9 Å². The molecule has 0 spiro atoms. The summed E-state index contributed by atoms with van der Waals surface area (Å²) in [5.41, 5.74) is 2.16. The number of nitrogens with one attached hydrogen (secondary N) is 2. The number of benzene rings is 1. The molecule has 0 saturated carbocycles. The Balaban J connectivity index is 1.61. The lowest BCUT2D eigenvalue weighted by atomic mass is 10.2. The minimum atomic E-state index is -0.209. The molecule has 5 nitrogen and oxygen atoms in total. The molecule has 0 aliphatic heterocycles. The van der Waals surface area contributed by atoms with Crippen molar-refractivity contribution in [2.45, 2.75) is 13.5 Å². The minimum absolute atomic E-state index is 0.209. The Labute approximate surface area is 124 Å². The number of rotatable bonds is 6. The lowest BCUT2D eigenvalue weighted by Crippen LogP contribution is -2.37. The van der Waals surface area contributed by atoms with Crippen molar-refractivity contribution in [1.29, 1.82) is 0 Å². The lowest BCUT2D eigenvalue weighted by Gasteiger charge is -2.09. The highest BCUT2D eigenvalue weighted by atomic mass is 16.5. The molecule has 1 heterocycles. The first-order valence-corrected chi connectivity index (χ1v) is 6.84. The van der Waals surface area contributed by atoms with E-state index in [0.29, 0.717) is 19.7 Å². The van der Waals surface area contributed by atoms with Gasteiger partial charge in [0.1, 0.15) is 12.4 Å². The van der Waals surface area contributed by atoms with Gasteiger partial charge in [0, 0.05) is 18.9 Å². The topological polar surface area (TPSA) is 63.2 Å². The number of aryl methyl sites for hydroxylation is 1. The monoisotopic (exact) mass is 285 g/mol. The van der Waals surface area contributed by atoms with Crippen molar-refractivity contribution in [3.8, 4) is 5.75 Å². The molecule has 1 aromatic carbocycles. The number of carbonyl (C=O) groups excluding carboxylic acids is 1. The number of nitrogens with zero attached hydrogens (tertiary/aromatic N) is 1. The van der Waals surface area contributed by atoms with Crippen LogP contribution in [0.25, 0.3) is 0 Å². The lowest BCUT2D eigenvalue weighted by molar-refractivity contribution is 0.236. The molecule has 0 atom stereocenters. The second-order valence-corrected chi connectivity index (χ2v) is 4.63. The van der Waals surface area contributed by atoms with E-state index in [1.165, 1.54) is 0 Å². The second-order valence-electron chi connectivity index (χ2n) is 4.63. The summed E-state index contributed by atoms with van der Waals surface area (Å²) in [4.78, 5) is 15.5. The molecule has 0 saturated heterocycles. The van der Waals surface area contributed by atoms with Gasteiger partial charge in [-0.15, -0.1) is 0 Å². The first-order valence-electron chi connectivity index (χ1n) is 6.84. The third-order valence-electron chi connectivity index (χ3n) is 2.85. The summed E-state index contributed by atoms with van der Waals surface area (Å²) in [6.07, 6.45) is 3.40. The van der Waals surface area contributed by atoms with Gasteiger partial charge in [-0.05, 0) is 42.3 Å². The van der Waals surface area contributed by atoms with E-state index in [1.807, 2.05) is 43.3 Å². The largest absolute Gasteiger partial charge is 0.492 e. The van der Waals surface area contributed by atoms with E-state index in [4.69, 9.17) is 4.74 Å². The van der Waals surface area contributed by atoms with Crippen LogP contribution in [0.4, 0.5) is 4.79 Å². The standard InChI is InChI=1S/C16H19N3O2/c1-13-3-2-4-15(11-13)21-10-9-18-16(20)19-12-14-5-7-17-8-6-14/h2-8,11H,9-10,12H2,1H3,(H2,18,19,20). The molecule has 1 aromatic heterocycles. The Morgan fingerprint density at radius 3 is 2.76 bits per heavy atom. The number of pyridine rings is 1. The molecule has 2 N–H and O–H groups in total. The minimum Gasteiger partial charge on any atom is -0.492 e. The number of hydrogen-bond donors (Lipinski definition) is 2. The number of urea groups is 1. The average molecular weight is 285 g/mol. The van der Waals surface area contributed by atoms with Gasteiger partial charge in [0.15, 0.2) is 0 Å². The molecule has 0 bridgehead atoms. The summed E-state index contributed by atoms with van der Waals surface area (Å²) in [7, 11) is 0. The number of amides is 2. The van der Waals surface area contributed by atoms with Crippen molar-refractivity contribution < 1.29 is 9.53 Å². The van der Waals surface area contributed by atoms with E-state index in [9.17, 15) is 4.79 Å². The van der Waals surface area contributed by atoms with Crippen LogP contribution in [0.15, 0.2) is 48.8 Å². The third kappa shape index (κ3) is 5.52. The fraction of sp³-hybridized carbons (Fsp3) is 0.250. The van der Waals surface area contributed by atoms with Gasteiger partial charge >= 0.3 is 6.03 Å².